The molecule has 0 aliphatic rings. The summed E-state index contributed by atoms with van der Waals surface area (Å²) in [5.74, 6) is -1.23. The van der Waals surface area contributed by atoms with Gasteiger partial charge in [-0.2, -0.15) is 13.2 Å². The number of alkyl halides is 3. The molecule has 102 valence electrons. The molecule has 0 saturated carbocycles. The summed E-state index contributed by atoms with van der Waals surface area (Å²) >= 11 is 1.44. The first kappa shape index (κ1) is 14.9. The number of halogens is 3. The lowest BCUT2D eigenvalue weighted by molar-refractivity contribution is -0.187. The standard InChI is InChI=1S/C10H14F3N3OS/c1-6-16-7(5-18-6)3-4-15-8(17)9(2,14)10(11,12)13/h5H,3-4,14H2,1-2H3,(H,15,17). The molecule has 1 aromatic heterocycles. The second-order valence-corrected chi connectivity index (χ2v) is 5.13. The van der Waals surface area contributed by atoms with Crippen LogP contribution < -0.4 is 11.1 Å². The number of carbonyl (C=O) groups excluding carboxylic acids is 1. The minimum atomic E-state index is -4.77. The van der Waals surface area contributed by atoms with Crippen molar-refractivity contribution < 1.29 is 18.0 Å². The number of rotatable bonds is 4. The number of aryl methyl sites for hydroxylation is 1. The van der Waals surface area contributed by atoms with Crippen molar-refractivity contribution in [3.63, 3.8) is 0 Å². The van der Waals surface area contributed by atoms with Gasteiger partial charge in [0.25, 0.3) is 0 Å². The van der Waals surface area contributed by atoms with Crippen molar-refractivity contribution in [3.05, 3.63) is 16.1 Å². The fourth-order valence-corrected chi connectivity index (χ4v) is 1.79. The Morgan fingerprint density at radius 1 is 1.56 bits per heavy atom. The predicted molar refractivity (Wildman–Crippen MR) is 62.2 cm³/mol. The number of aromatic nitrogens is 1. The van der Waals surface area contributed by atoms with Gasteiger partial charge in [0.15, 0.2) is 5.54 Å². The predicted octanol–water partition coefficient (Wildman–Crippen LogP) is 1.39. The summed E-state index contributed by atoms with van der Waals surface area (Å²) in [4.78, 5) is 15.5. The third-order valence-corrected chi connectivity index (χ3v) is 3.22. The van der Waals surface area contributed by atoms with Crippen molar-refractivity contribution in [1.29, 1.82) is 0 Å². The number of nitrogens with one attached hydrogen (secondary N) is 1. The molecule has 3 N–H and O–H groups in total. The first-order valence-electron chi connectivity index (χ1n) is 5.19. The summed E-state index contributed by atoms with van der Waals surface area (Å²) in [5.41, 5.74) is 2.84. The van der Waals surface area contributed by atoms with E-state index in [1.54, 1.807) is 5.38 Å². The van der Waals surface area contributed by atoms with Crippen LogP contribution in [0, 0.1) is 6.92 Å². The molecule has 0 aromatic carbocycles. The highest BCUT2D eigenvalue weighted by molar-refractivity contribution is 7.09. The average Bonchev–Trinajstić information content (AvgIpc) is 2.62. The van der Waals surface area contributed by atoms with Crippen molar-refractivity contribution in [1.82, 2.24) is 10.3 Å². The third kappa shape index (κ3) is 3.42. The van der Waals surface area contributed by atoms with Gasteiger partial charge in [-0.1, -0.05) is 0 Å². The minimum Gasteiger partial charge on any atom is -0.354 e. The molecule has 18 heavy (non-hydrogen) atoms. The molecule has 0 bridgehead atoms. The number of hydrogen-bond donors (Lipinski definition) is 2. The van der Waals surface area contributed by atoms with Gasteiger partial charge in [0.05, 0.1) is 10.7 Å². The van der Waals surface area contributed by atoms with E-state index in [0.29, 0.717) is 13.3 Å². The van der Waals surface area contributed by atoms with Crippen molar-refractivity contribution >= 4 is 17.2 Å². The molecule has 0 aliphatic heterocycles. The Kier molecular flexibility index (Phi) is 4.33. The number of hydrogen-bond acceptors (Lipinski definition) is 4. The van der Waals surface area contributed by atoms with Gasteiger partial charge in [-0.3, -0.25) is 4.79 Å². The van der Waals surface area contributed by atoms with Crippen LogP contribution in [0.5, 0.6) is 0 Å². The van der Waals surface area contributed by atoms with Crippen LogP contribution >= 0.6 is 11.3 Å². The molecule has 1 unspecified atom stereocenters. The minimum absolute atomic E-state index is 0.0743. The van der Waals surface area contributed by atoms with Gasteiger partial charge in [0.2, 0.25) is 5.91 Å². The van der Waals surface area contributed by atoms with E-state index < -0.39 is 17.6 Å². The molecule has 1 amide bonds. The van der Waals surface area contributed by atoms with Crippen molar-refractivity contribution in [2.75, 3.05) is 6.54 Å². The van der Waals surface area contributed by atoms with Gasteiger partial charge in [-0.15, -0.1) is 11.3 Å². The average molecular weight is 281 g/mol. The SMILES string of the molecule is Cc1nc(CCNC(=O)C(C)(N)C(F)(F)F)cs1. The smallest absolute Gasteiger partial charge is 0.354 e. The van der Waals surface area contributed by atoms with E-state index in [4.69, 9.17) is 5.73 Å². The molecule has 0 aliphatic carbocycles. The number of nitrogens with two attached hydrogens (primary N) is 1. The molecule has 0 spiro atoms. The second kappa shape index (κ2) is 5.23. The lowest BCUT2D eigenvalue weighted by atomic mass is 10.0. The molecule has 4 nitrogen and oxygen atoms in total. The first-order valence-corrected chi connectivity index (χ1v) is 6.07. The van der Waals surface area contributed by atoms with E-state index in [1.807, 2.05) is 6.92 Å². The Balaban J connectivity index is 2.47. The Morgan fingerprint density at radius 2 is 2.17 bits per heavy atom. The van der Waals surface area contributed by atoms with Gasteiger partial charge < -0.3 is 11.1 Å². The van der Waals surface area contributed by atoms with Gasteiger partial charge >= 0.3 is 6.18 Å². The number of amides is 1. The maximum absolute atomic E-state index is 12.4. The zero-order valence-electron chi connectivity index (χ0n) is 9.97. The Hall–Kier alpha value is -1.15. The van der Waals surface area contributed by atoms with Crippen LogP contribution in [0.15, 0.2) is 5.38 Å². The van der Waals surface area contributed by atoms with Crippen molar-refractivity contribution in [2.45, 2.75) is 32.0 Å². The van der Waals surface area contributed by atoms with Crippen LogP contribution in [0.3, 0.4) is 0 Å². The van der Waals surface area contributed by atoms with Gasteiger partial charge in [0, 0.05) is 18.3 Å². The van der Waals surface area contributed by atoms with Crippen LogP contribution in [0.2, 0.25) is 0 Å². The number of nitrogens with zero attached hydrogens (tertiary/aromatic N) is 1. The van der Waals surface area contributed by atoms with E-state index in [0.717, 1.165) is 10.7 Å². The van der Waals surface area contributed by atoms with E-state index in [2.05, 4.69) is 10.3 Å². The third-order valence-electron chi connectivity index (χ3n) is 2.39. The zero-order chi connectivity index (χ0) is 14.0. The van der Waals surface area contributed by atoms with E-state index >= 15 is 0 Å². The van der Waals surface area contributed by atoms with Crippen LogP contribution in [0.25, 0.3) is 0 Å². The van der Waals surface area contributed by atoms with Gasteiger partial charge in [-0.05, 0) is 13.8 Å². The summed E-state index contributed by atoms with van der Waals surface area (Å²) in [6.07, 6.45) is -4.39. The van der Waals surface area contributed by atoms with Crippen LogP contribution in [-0.2, 0) is 11.2 Å². The molecule has 1 rings (SSSR count). The van der Waals surface area contributed by atoms with Crippen LogP contribution in [-0.4, -0.2) is 29.2 Å². The summed E-state index contributed by atoms with van der Waals surface area (Å²) in [5, 5.41) is 4.84. The van der Waals surface area contributed by atoms with E-state index in [9.17, 15) is 18.0 Å². The maximum Gasteiger partial charge on any atom is 0.415 e. The molecule has 0 saturated heterocycles. The fourth-order valence-electron chi connectivity index (χ4n) is 1.14. The Bertz CT molecular complexity index is 428. The summed E-state index contributed by atoms with van der Waals surface area (Å²) in [6, 6.07) is 0. The van der Waals surface area contributed by atoms with Gasteiger partial charge in [-0.25, -0.2) is 4.98 Å². The van der Waals surface area contributed by atoms with Gasteiger partial charge in [0.1, 0.15) is 0 Å². The molecular weight excluding hydrogens is 267 g/mol. The molecule has 0 fully saturated rings. The monoisotopic (exact) mass is 281 g/mol. The Morgan fingerprint density at radius 3 is 2.61 bits per heavy atom. The number of thiazole rings is 1. The van der Waals surface area contributed by atoms with E-state index in [-0.39, 0.29) is 6.54 Å². The highest BCUT2D eigenvalue weighted by atomic mass is 32.1. The fraction of sp³-hybridized carbons (Fsp3) is 0.600. The Labute approximate surface area is 106 Å². The van der Waals surface area contributed by atoms with Crippen molar-refractivity contribution in [3.8, 4) is 0 Å². The highest BCUT2D eigenvalue weighted by Gasteiger charge is 2.53. The molecule has 8 heteroatoms. The topological polar surface area (TPSA) is 68.0 Å². The van der Waals surface area contributed by atoms with E-state index in [1.165, 1.54) is 11.3 Å². The quantitative estimate of drug-likeness (QED) is 0.876. The maximum atomic E-state index is 12.4. The van der Waals surface area contributed by atoms with Crippen LogP contribution in [0.1, 0.15) is 17.6 Å². The molecule has 1 aromatic rings. The highest BCUT2D eigenvalue weighted by Crippen LogP contribution is 2.27. The molecule has 0 radical (unpaired) electrons. The van der Waals surface area contributed by atoms with Crippen molar-refractivity contribution in [2.24, 2.45) is 5.73 Å². The normalized spacial score (nSPS) is 15.2. The lowest BCUT2D eigenvalue weighted by Crippen LogP contribution is -2.61. The largest absolute Gasteiger partial charge is 0.415 e. The molecule has 1 heterocycles. The summed E-state index contributed by atoms with van der Waals surface area (Å²) < 4.78 is 37.3. The summed E-state index contributed by atoms with van der Waals surface area (Å²) in [6.45, 7) is 2.55. The van der Waals surface area contributed by atoms with Crippen LogP contribution in [0.4, 0.5) is 13.2 Å². The summed E-state index contributed by atoms with van der Waals surface area (Å²) in [7, 11) is 0. The first-order chi connectivity index (χ1) is 8.14. The lowest BCUT2D eigenvalue weighted by Gasteiger charge is -2.26. The number of carbonyl (C=O) groups is 1. The second-order valence-electron chi connectivity index (χ2n) is 4.06. The molecule has 1 atom stereocenters. The molecular formula is C10H14F3N3OS. The zero-order valence-corrected chi connectivity index (χ0v) is 10.8.